The highest BCUT2D eigenvalue weighted by Gasteiger charge is 2.09. The molecule has 0 aliphatic rings. The Kier molecular flexibility index (Phi) is 2.93. The normalized spacial score (nSPS) is 9.92. The number of rotatable bonds is 2. The average molecular weight is 180 g/mol. The molecule has 1 aromatic rings. The molecule has 0 spiro atoms. The van der Waals surface area contributed by atoms with Crippen LogP contribution >= 0.6 is 12.6 Å². The topological polar surface area (TPSA) is 17.1 Å². The summed E-state index contributed by atoms with van der Waals surface area (Å²) in [7, 11) is 0. The minimum absolute atomic E-state index is 0.165. The van der Waals surface area contributed by atoms with E-state index in [0.29, 0.717) is 6.42 Å². The van der Waals surface area contributed by atoms with Crippen LogP contribution in [0.5, 0.6) is 0 Å². The lowest BCUT2D eigenvalue weighted by Crippen LogP contribution is -2.00. The lowest BCUT2D eigenvalue weighted by Gasteiger charge is -2.05. The predicted molar refractivity (Wildman–Crippen MR) is 53.1 cm³/mol. The Bertz CT molecular complexity index is 284. The highest BCUT2D eigenvalue weighted by Crippen LogP contribution is 2.19. The fourth-order valence-corrected chi connectivity index (χ4v) is 1.58. The van der Waals surface area contributed by atoms with E-state index in [1.54, 1.807) is 0 Å². The van der Waals surface area contributed by atoms with E-state index in [2.05, 4.69) is 12.6 Å². The molecular weight excluding hydrogens is 168 g/mol. The number of thiol groups is 1. The van der Waals surface area contributed by atoms with Crippen LogP contribution in [-0.2, 0) is 0 Å². The minimum Gasteiger partial charge on any atom is -0.294 e. The van der Waals surface area contributed by atoms with E-state index in [-0.39, 0.29) is 5.78 Å². The standard InChI is InChI=1S/C10H12OS/c1-3-8(11)10-7(2)5-4-6-9(10)12/h4-6,12H,3H2,1-2H3. The molecule has 2 heteroatoms. The van der Waals surface area contributed by atoms with Crippen LogP contribution in [0.3, 0.4) is 0 Å². The van der Waals surface area contributed by atoms with Crippen molar-refractivity contribution >= 4 is 18.4 Å². The monoisotopic (exact) mass is 180 g/mol. The molecular formula is C10H12OS. The Morgan fingerprint density at radius 1 is 1.50 bits per heavy atom. The molecule has 1 rings (SSSR count). The summed E-state index contributed by atoms with van der Waals surface area (Å²) in [6.45, 7) is 3.80. The molecule has 0 aliphatic carbocycles. The van der Waals surface area contributed by atoms with Crippen molar-refractivity contribution in [1.29, 1.82) is 0 Å². The number of hydrogen-bond acceptors (Lipinski definition) is 2. The third-order valence-electron chi connectivity index (χ3n) is 1.85. The maximum Gasteiger partial charge on any atom is 0.163 e. The molecule has 0 aliphatic heterocycles. The number of ketones is 1. The zero-order valence-corrected chi connectivity index (χ0v) is 8.19. The van der Waals surface area contributed by atoms with Gasteiger partial charge in [-0.15, -0.1) is 12.6 Å². The minimum atomic E-state index is 0.165. The quantitative estimate of drug-likeness (QED) is 0.547. The van der Waals surface area contributed by atoms with Gasteiger partial charge in [0.1, 0.15) is 0 Å². The highest BCUT2D eigenvalue weighted by atomic mass is 32.1. The molecule has 0 amide bonds. The first-order valence-electron chi connectivity index (χ1n) is 3.98. The molecule has 0 unspecified atom stereocenters. The number of Topliss-reactive ketones (excluding diaryl/α,β-unsaturated/α-hetero) is 1. The first-order valence-corrected chi connectivity index (χ1v) is 4.43. The Morgan fingerprint density at radius 3 is 2.67 bits per heavy atom. The molecule has 0 saturated carbocycles. The van der Waals surface area contributed by atoms with Crippen LogP contribution in [0, 0.1) is 6.92 Å². The van der Waals surface area contributed by atoms with Gasteiger partial charge in [-0.1, -0.05) is 19.1 Å². The highest BCUT2D eigenvalue weighted by molar-refractivity contribution is 7.80. The Labute approximate surface area is 78.2 Å². The van der Waals surface area contributed by atoms with Crippen molar-refractivity contribution in [3.05, 3.63) is 29.3 Å². The second-order valence-electron chi connectivity index (χ2n) is 2.75. The largest absolute Gasteiger partial charge is 0.294 e. The van der Waals surface area contributed by atoms with Crippen LogP contribution < -0.4 is 0 Å². The third-order valence-corrected chi connectivity index (χ3v) is 2.22. The van der Waals surface area contributed by atoms with Crippen molar-refractivity contribution in [3.63, 3.8) is 0 Å². The van der Waals surface area contributed by atoms with Gasteiger partial charge in [0, 0.05) is 16.9 Å². The molecule has 0 heterocycles. The van der Waals surface area contributed by atoms with Crippen LogP contribution in [0.1, 0.15) is 29.3 Å². The van der Waals surface area contributed by atoms with Crippen molar-refractivity contribution in [2.24, 2.45) is 0 Å². The summed E-state index contributed by atoms with van der Waals surface area (Å²) >= 11 is 4.24. The average Bonchev–Trinajstić information content (AvgIpc) is 2.03. The van der Waals surface area contributed by atoms with E-state index in [1.807, 2.05) is 32.0 Å². The SMILES string of the molecule is CCC(=O)c1c(C)cccc1S. The van der Waals surface area contributed by atoms with E-state index in [9.17, 15) is 4.79 Å². The molecule has 12 heavy (non-hydrogen) atoms. The molecule has 0 radical (unpaired) electrons. The van der Waals surface area contributed by atoms with Gasteiger partial charge in [-0.05, 0) is 18.6 Å². The van der Waals surface area contributed by atoms with Gasteiger partial charge in [-0.3, -0.25) is 4.79 Å². The first kappa shape index (κ1) is 9.33. The molecule has 0 saturated heterocycles. The van der Waals surface area contributed by atoms with E-state index in [4.69, 9.17) is 0 Å². The molecule has 0 atom stereocenters. The van der Waals surface area contributed by atoms with E-state index in [0.717, 1.165) is 16.0 Å². The Hall–Kier alpha value is -0.760. The van der Waals surface area contributed by atoms with E-state index < -0.39 is 0 Å². The molecule has 64 valence electrons. The third kappa shape index (κ3) is 1.69. The lowest BCUT2D eigenvalue weighted by molar-refractivity contribution is 0.0985. The van der Waals surface area contributed by atoms with E-state index >= 15 is 0 Å². The Morgan fingerprint density at radius 2 is 2.17 bits per heavy atom. The summed E-state index contributed by atoms with van der Waals surface area (Å²) in [6.07, 6.45) is 0.540. The zero-order valence-electron chi connectivity index (χ0n) is 7.29. The summed E-state index contributed by atoms with van der Waals surface area (Å²) in [6, 6.07) is 5.69. The summed E-state index contributed by atoms with van der Waals surface area (Å²) in [5, 5.41) is 0. The number of aryl methyl sites for hydroxylation is 1. The van der Waals surface area contributed by atoms with Gasteiger partial charge in [0.15, 0.2) is 5.78 Å². The summed E-state index contributed by atoms with van der Waals surface area (Å²) in [5.74, 6) is 0.165. The van der Waals surface area contributed by atoms with Gasteiger partial charge in [-0.2, -0.15) is 0 Å². The fourth-order valence-electron chi connectivity index (χ4n) is 1.19. The van der Waals surface area contributed by atoms with Crippen LogP contribution in [0.2, 0.25) is 0 Å². The van der Waals surface area contributed by atoms with Crippen molar-refractivity contribution in [2.75, 3.05) is 0 Å². The number of carbonyl (C=O) groups excluding carboxylic acids is 1. The van der Waals surface area contributed by atoms with Crippen LogP contribution in [0.25, 0.3) is 0 Å². The van der Waals surface area contributed by atoms with Crippen molar-refractivity contribution < 1.29 is 4.79 Å². The van der Waals surface area contributed by atoms with Gasteiger partial charge >= 0.3 is 0 Å². The molecule has 0 aromatic heterocycles. The number of hydrogen-bond donors (Lipinski definition) is 1. The predicted octanol–water partition coefficient (Wildman–Crippen LogP) is 2.88. The number of carbonyl (C=O) groups is 1. The van der Waals surface area contributed by atoms with E-state index in [1.165, 1.54) is 0 Å². The van der Waals surface area contributed by atoms with Gasteiger partial charge in [0.2, 0.25) is 0 Å². The number of benzene rings is 1. The smallest absolute Gasteiger partial charge is 0.163 e. The van der Waals surface area contributed by atoms with Gasteiger partial charge in [0.25, 0.3) is 0 Å². The van der Waals surface area contributed by atoms with Crippen molar-refractivity contribution in [1.82, 2.24) is 0 Å². The molecule has 0 bridgehead atoms. The summed E-state index contributed by atoms with van der Waals surface area (Å²) < 4.78 is 0. The van der Waals surface area contributed by atoms with Crippen LogP contribution in [0.4, 0.5) is 0 Å². The first-order chi connectivity index (χ1) is 5.66. The van der Waals surface area contributed by atoms with Gasteiger partial charge in [-0.25, -0.2) is 0 Å². The maximum atomic E-state index is 11.4. The van der Waals surface area contributed by atoms with Crippen molar-refractivity contribution in [3.8, 4) is 0 Å². The fraction of sp³-hybridized carbons (Fsp3) is 0.300. The van der Waals surface area contributed by atoms with Crippen molar-refractivity contribution in [2.45, 2.75) is 25.2 Å². The molecule has 1 nitrogen and oxygen atoms in total. The van der Waals surface area contributed by atoms with Crippen LogP contribution in [-0.4, -0.2) is 5.78 Å². The molecule has 0 N–H and O–H groups in total. The lowest BCUT2D eigenvalue weighted by atomic mass is 10.0. The van der Waals surface area contributed by atoms with Crippen LogP contribution in [0.15, 0.2) is 23.1 Å². The second kappa shape index (κ2) is 3.76. The zero-order chi connectivity index (χ0) is 9.14. The van der Waals surface area contributed by atoms with Gasteiger partial charge < -0.3 is 0 Å². The maximum absolute atomic E-state index is 11.4. The molecule has 0 fully saturated rings. The second-order valence-corrected chi connectivity index (χ2v) is 3.23. The van der Waals surface area contributed by atoms with Gasteiger partial charge in [0.05, 0.1) is 0 Å². The summed E-state index contributed by atoms with van der Waals surface area (Å²) in [5.41, 5.74) is 1.78. The Balaban J connectivity index is 3.21. The summed E-state index contributed by atoms with van der Waals surface area (Å²) in [4.78, 5) is 12.2. The molecule has 1 aromatic carbocycles.